The first-order valence-corrected chi connectivity index (χ1v) is 7.81. The Hall–Kier alpha value is -0.360. The smallest absolute Gasteiger partial charge is 0.0863 e. The van der Waals surface area contributed by atoms with Crippen LogP contribution in [0.25, 0.3) is 0 Å². The van der Waals surface area contributed by atoms with Crippen LogP contribution in [0, 0.1) is 0 Å². The monoisotopic (exact) mass is 347 g/mol. The molecule has 2 aromatic heterocycles. The lowest BCUT2D eigenvalue weighted by atomic mass is 10.3. The van der Waals surface area contributed by atoms with Crippen LogP contribution in [0.3, 0.4) is 0 Å². The maximum atomic E-state index is 6.29. The number of rotatable bonds is 5. The van der Waals surface area contributed by atoms with Gasteiger partial charge >= 0.3 is 0 Å². The Labute approximate surface area is 124 Å². The van der Waals surface area contributed by atoms with Crippen molar-refractivity contribution in [1.29, 1.82) is 0 Å². The van der Waals surface area contributed by atoms with Gasteiger partial charge in [0.2, 0.25) is 0 Å². The van der Waals surface area contributed by atoms with E-state index in [-0.39, 0.29) is 0 Å². The van der Waals surface area contributed by atoms with Crippen molar-refractivity contribution in [3.05, 3.63) is 37.2 Å². The second-order valence-electron chi connectivity index (χ2n) is 3.98. The minimum absolute atomic E-state index is 0.729. The fourth-order valence-corrected chi connectivity index (χ4v) is 3.58. The molecular formula is C12H15BrClN3S. The van der Waals surface area contributed by atoms with Crippen LogP contribution in [0.2, 0.25) is 5.02 Å². The molecule has 0 aliphatic rings. The highest BCUT2D eigenvalue weighted by molar-refractivity contribution is 9.10. The summed E-state index contributed by atoms with van der Waals surface area (Å²) in [6.45, 7) is 3.63. The van der Waals surface area contributed by atoms with E-state index in [1.165, 1.54) is 4.88 Å². The molecule has 0 atom stereocenters. The highest BCUT2D eigenvalue weighted by atomic mass is 79.9. The largest absolute Gasteiger partial charge is 0.306 e. The third-order valence-electron chi connectivity index (χ3n) is 2.77. The maximum absolute atomic E-state index is 6.29. The van der Waals surface area contributed by atoms with Gasteiger partial charge in [-0.1, -0.05) is 18.5 Å². The second kappa shape index (κ2) is 6.19. The summed E-state index contributed by atoms with van der Waals surface area (Å²) in [7, 11) is 1.93. The lowest BCUT2D eigenvalue weighted by Crippen LogP contribution is -2.15. The van der Waals surface area contributed by atoms with E-state index >= 15 is 0 Å². The molecule has 0 bridgehead atoms. The second-order valence-corrected chi connectivity index (χ2v) is 6.21. The highest BCUT2D eigenvalue weighted by Gasteiger charge is 2.12. The number of thiophene rings is 1. The Kier molecular flexibility index (Phi) is 4.84. The molecule has 18 heavy (non-hydrogen) atoms. The summed E-state index contributed by atoms with van der Waals surface area (Å²) in [5, 5.41) is 10.7. The number of halogens is 2. The van der Waals surface area contributed by atoms with Crippen LogP contribution in [0.1, 0.15) is 23.2 Å². The van der Waals surface area contributed by atoms with Crippen molar-refractivity contribution in [3.8, 4) is 0 Å². The molecule has 0 amide bonds. The molecule has 0 unspecified atom stereocenters. The molecule has 0 aliphatic carbocycles. The van der Waals surface area contributed by atoms with Crippen molar-refractivity contribution in [2.24, 2.45) is 7.05 Å². The van der Waals surface area contributed by atoms with E-state index in [9.17, 15) is 0 Å². The number of nitrogens with one attached hydrogen (secondary N) is 1. The third-order valence-corrected chi connectivity index (χ3v) is 5.13. The minimum Gasteiger partial charge on any atom is -0.306 e. The molecule has 0 spiro atoms. The van der Waals surface area contributed by atoms with Gasteiger partial charge in [-0.15, -0.1) is 11.3 Å². The van der Waals surface area contributed by atoms with Gasteiger partial charge in [0.15, 0.2) is 0 Å². The molecule has 6 heteroatoms. The van der Waals surface area contributed by atoms with Gasteiger partial charge < -0.3 is 5.32 Å². The number of aromatic nitrogens is 2. The SMILES string of the molecule is CCc1nn(C)c(CNCc2sccc2Br)c1Cl. The van der Waals surface area contributed by atoms with Crippen LogP contribution >= 0.6 is 38.9 Å². The van der Waals surface area contributed by atoms with Crippen LogP contribution in [0.4, 0.5) is 0 Å². The van der Waals surface area contributed by atoms with Gasteiger partial charge in [-0.3, -0.25) is 4.68 Å². The lowest BCUT2D eigenvalue weighted by molar-refractivity contribution is 0.626. The van der Waals surface area contributed by atoms with Crippen LogP contribution in [0.15, 0.2) is 15.9 Å². The van der Waals surface area contributed by atoms with Gasteiger partial charge in [0.25, 0.3) is 0 Å². The Morgan fingerprint density at radius 2 is 2.28 bits per heavy atom. The summed E-state index contributed by atoms with van der Waals surface area (Å²) in [4.78, 5) is 1.30. The van der Waals surface area contributed by atoms with Crippen molar-refractivity contribution in [3.63, 3.8) is 0 Å². The Morgan fingerprint density at radius 1 is 1.50 bits per heavy atom. The van der Waals surface area contributed by atoms with Gasteiger partial charge in [-0.05, 0) is 33.8 Å². The predicted octanol–water partition coefficient (Wildman–Crippen LogP) is 3.75. The summed E-state index contributed by atoms with van der Waals surface area (Å²) in [6.07, 6.45) is 0.864. The predicted molar refractivity (Wildman–Crippen MR) is 80.2 cm³/mol. The quantitative estimate of drug-likeness (QED) is 0.892. The Balaban J connectivity index is 1.98. The fraction of sp³-hybridized carbons (Fsp3) is 0.417. The van der Waals surface area contributed by atoms with E-state index in [0.717, 1.165) is 40.4 Å². The standard InChI is InChI=1S/C12H15BrClN3S/c1-3-9-12(14)10(17(2)16-9)6-15-7-11-8(13)4-5-18-11/h4-5,15H,3,6-7H2,1-2H3. The van der Waals surface area contributed by atoms with Gasteiger partial charge in [-0.2, -0.15) is 5.10 Å². The first kappa shape index (κ1) is 14.1. The molecule has 2 rings (SSSR count). The van der Waals surface area contributed by atoms with E-state index in [0.29, 0.717) is 0 Å². The molecule has 1 N–H and O–H groups in total. The zero-order valence-electron chi connectivity index (χ0n) is 10.3. The van der Waals surface area contributed by atoms with Crippen molar-refractivity contribution < 1.29 is 0 Å². The van der Waals surface area contributed by atoms with Crippen LogP contribution < -0.4 is 5.32 Å². The fourth-order valence-electron chi connectivity index (χ4n) is 1.76. The highest BCUT2D eigenvalue weighted by Crippen LogP contribution is 2.23. The zero-order valence-corrected chi connectivity index (χ0v) is 13.5. The van der Waals surface area contributed by atoms with E-state index in [4.69, 9.17) is 11.6 Å². The average molecular weight is 349 g/mol. The molecule has 98 valence electrons. The number of hydrogen-bond acceptors (Lipinski definition) is 3. The molecule has 2 aromatic rings. The summed E-state index contributed by atoms with van der Waals surface area (Å²) >= 11 is 11.6. The molecule has 3 nitrogen and oxygen atoms in total. The average Bonchev–Trinajstić information content (AvgIpc) is 2.87. The van der Waals surface area contributed by atoms with Gasteiger partial charge in [0.05, 0.1) is 16.4 Å². The molecule has 0 aromatic carbocycles. The molecule has 0 saturated carbocycles. The van der Waals surface area contributed by atoms with Crippen LogP contribution in [-0.2, 0) is 26.6 Å². The van der Waals surface area contributed by atoms with E-state index in [1.807, 2.05) is 11.7 Å². The first-order valence-electron chi connectivity index (χ1n) is 5.76. The van der Waals surface area contributed by atoms with Gasteiger partial charge in [0, 0.05) is 29.5 Å². The minimum atomic E-state index is 0.729. The number of aryl methyl sites for hydroxylation is 2. The number of hydrogen-bond donors (Lipinski definition) is 1. The van der Waals surface area contributed by atoms with E-state index in [1.54, 1.807) is 11.3 Å². The van der Waals surface area contributed by atoms with Crippen molar-refractivity contribution in [2.75, 3.05) is 0 Å². The normalized spacial score (nSPS) is 11.1. The summed E-state index contributed by atoms with van der Waals surface area (Å²) in [5.41, 5.74) is 2.01. The van der Waals surface area contributed by atoms with Crippen molar-refractivity contribution in [2.45, 2.75) is 26.4 Å². The molecule has 0 radical (unpaired) electrons. The Bertz CT molecular complexity index is 535. The summed E-state index contributed by atoms with van der Waals surface area (Å²) in [6, 6.07) is 2.06. The zero-order chi connectivity index (χ0) is 13.1. The van der Waals surface area contributed by atoms with Crippen LogP contribution in [0.5, 0.6) is 0 Å². The van der Waals surface area contributed by atoms with E-state index < -0.39 is 0 Å². The maximum Gasteiger partial charge on any atom is 0.0863 e. The molecule has 0 fully saturated rings. The van der Waals surface area contributed by atoms with Gasteiger partial charge in [-0.25, -0.2) is 0 Å². The Morgan fingerprint density at radius 3 is 2.83 bits per heavy atom. The summed E-state index contributed by atoms with van der Waals surface area (Å²) in [5.74, 6) is 0. The van der Waals surface area contributed by atoms with Crippen LogP contribution in [-0.4, -0.2) is 9.78 Å². The molecule has 0 aliphatic heterocycles. The third kappa shape index (κ3) is 2.96. The molecular weight excluding hydrogens is 334 g/mol. The van der Waals surface area contributed by atoms with Gasteiger partial charge in [0.1, 0.15) is 0 Å². The first-order chi connectivity index (χ1) is 8.63. The number of nitrogens with zero attached hydrogens (tertiary/aromatic N) is 2. The van der Waals surface area contributed by atoms with E-state index in [2.05, 4.69) is 44.7 Å². The van der Waals surface area contributed by atoms with Crippen molar-refractivity contribution in [1.82, 2.24) is 15.1 Å². The molecule has 2 heterocycles. The summed E-state index contributed by atoms with van der Waals surface area (Å²) < 4.78 is 3.02. The molecule has 0 saturated heterocycles. The van der Waals surface area contributed by atoms with Crippen molar-refractivity contribution >= 4 is 38.9 Å². The topological polar surface area (TPSA) is 29.9 Å². The lowest BCUT2D eigenvalue weighted by Gasteiger charge is -2.05.